The van der Waals surface area contributed by atoms with Gasteiger partial charge in [-0.25, -0.2) is 4.98 Å². The van der Waals surface area contributed by atoms with Gasteiger partial charge in [-0.2, -0.15) is 0 Å². The summed E-state index contributed by atoms with van der Waals surface area (Å²) in [6.45, 7) is 0.975. The Bertz CT molecular complexity index is 731. The van der Waals surface area contributed by atoms with Gasteiger partial charge in [0.15, 0.2) is 17.8 Å². The van der Waals surface area contributed by atoms with Crippen LogP contribution < -0.4 is 10.5 Å². The van der Waals surface area contributed by atoms with Gasteiger partial charge in [0.05, 0.1) is 7.11 Å². The van der Waals surface area contributed by atoms with E-state index in [1.807, 2.05) is 12.1 Å². The number of piperidine rings is 1. The first-order valence-corrected chi connectivity index (χ1v) is 7.76. The fourth-order valence-corrected chi connectivity index (χ4v) is 2.86. The number of methoxy groups -OCH3 is 1. The number of likely N-dealkylation sites (tertiary alicyclic amines) is 1. The molecule has 2 aromatic rings. The second kappa shape index (κ2) is 6.74. The van der Waals surface area contributed by atoms with Gasteiger partial charge in [0.25, 0.3) is 5.91 Å². The number of rotatable bonds is 4. The first kappa shape index (κ1) is 16.0. The van der Waals surface area contributed by atoms with Crippen molar-refractivity contribution in [2.24, 2.45) is 11.7 Å². The number of ether oxygens (including phenoxy) is 1. The summed E-state index contributed by atoms with van der Waals surface area (Å²) in [5.74, 6) is 0.492. The van der Waals surface area contributed by atoms with Crippen molar-refractivity contribution in [1.29, 1.82) is 0 Å². The predicted molar refractivity (Wildman–Crippen MR) is 86.3 cm³/mol. The summed E-state index contributed by atoms with van der Waals surface area (Å²) >= 11 is 0. The number of benzene rings is 1. The van der Waals surface area contributed by atoms with Gasteiger partial charge in [0, 0.05) is 24.6 Å². The molecule has 1 fully saturated rings. The van der Waals surface area contributed by atoms with E-state index in [0.717, 1.165) is 11.3 Å². The monoisotopic (exact) mass is 329 g/mol. The van der Waals surface area contributed by atoms with E-state index in [9.17, 15) is 9.59 Å². The van der Waals surface area contributed by atoms with Crippen LogP contribution in [0.1, 0.15) is 23.3 Å². The Hall–Kier alpha value is -2.83. The summed E-state index contributed by atoms with van der Waals surface area (Å²) < 4.78 is 10.6. The Labute approximate surface area is 139 Å². The fraction of sp³-hybridized carbons (Fsp3) is 0.353. The second-order valence-corrected chi connectivity index (χ2v) is 5.73. The lowest BCUT2D eigenvalue weighted by atomic mass is 9.96. The molecule has 0 unspecified atom stereocenters. The maximum absolute atomic E-state index is 12.7. The smallest absolute Gasteiger partial charge is 0.276 e. The molecule has 2 N–H and O–H groups in total. The average Bonchev–Trinajstić information content (AvgIpc) is 3.11. The number of hydrogen-bond acceptors (Lipinski definition) is 5. The standard InChI is InChI=1S/C17H19N3O4/c1-23-13-4-2-11(3-5-13)15-14(19-10-24-15)17(22)20-8-6-12(7-9-20)16(18)21/h2-5,10,12H,6-9H2,1H3,(H2,18,21). The highest BCUT2D eigenvalue weighted by atomic mass is 16.5. The van der Waals surface area contributed by atoms with E-state index in [2.05, 4.69) is 4.98 Å². The number of primary amides is 1. The normalized spacial score (nSPS) is 15.3. The lowest BCUT2D eigenvalue weighted by Gasteiger charge is -2.30. The number of carbonyl (C=O) groups excluding carboxylic acids is 2. The van der Waals surface area contributed by atoms with E-state index in [0.29, 0.717) is 31.7 Å². The molecule has 24 heavy (non-hydrogen) atoms. The Kier molecular flexibility index (Phi) is 4.50. The molecule has 0 saturated carbocycles. The first-order valence-electron chi connectivity index (χ1n) is 7.76. The Morgan fingerprint density at radius 3 is 2.50 bits per heavy atom. The minimum Gasteiger partial charge on any atom is -0.497 e. The number of amides is 2. The average molecular weight is 329 g/mol. The summed E-state index contributed by atoms with van der Waals surface area (Å²) in [7, 11) is 1.59. The quantitative estimate of drug-likeness (QED) is 0.920. The van der Waals surface area contributed by atoms with Crippen molar-refractivity contribution in [3.8, 4) is 17.1 Å². The minimum atomic E-state index is -0.303. The van der Waals surface area contributed by atoms with E-state index < -0.39 is 0 Å². The third kappa shape index (κ3) is 3.10. The Morgan fingerprint density at radius 2 is 1.92 bits per heavy atom. The molecule has 0 atom stereocenters. The second-order valence-electron chi connectivity index (χ2n) is 5.73. The van der Waals surface area contributed by atoms with Crippen LogP contribution in [-0.4, -0.2) is 41.9 Å². The lowest BCUT2D eigenvalue weighted by molar-refractivity contribution is -0.123. The summed E-state index contributed by atoms with van der Waals surface area (Å²) in [5, 5.41) is 0. The van der Waals surface area contributed by atoms with Crippen LogP contribution in [0.3, 0.4) is 0 Å². The van der Waals surface area contributed by atoms with Gasteiger partial charge in [0.1, 0.15) is 5.75 Å². The van der Waals surface area contributed by atoms with Crippen molar-refractivity contribution < 1.29 is 18.7 Å². The fourth-order valence-electron chi connectivity index (χ4n) is 2.86. The number of carbonyl (C=O) groups is 2. The predicted octanol–water partition coefficient (Wildman–Crippen LogP) is 1.69. The van der Waals surface area contributed by atoms with Gasteiger partial charge in [-0.15, -0.1) is 0 Å². The van der Waals surface area contributed by atoms with Crippen LogP contribution in [0.15, 0.2) is 35.1 Å². The minimum absolute atomic E-state index is 0.160. The van der Waals surface area contributed by atoms with Crippen LogP contribution in [0.25, 0.3) is 11.3 Å². The molecule has 0 radical (unpaired) electrons. The van der Waals surface area contributed by atoms with Crippen LogP contribution in [0, 0.1) is 5.92 Å². The zero-order valence-corrected chi connectivity index (χ0v) is 13.4. The van der Waals surface area contributed by atoms with Gasteiger partial charge in [-0.3, -0.25) is 9.59 Å². The summed E-state index contributed by atoms with van der Waals surface area (Å²) in [6, 6.07) is 7.22. The lowest BCUT2D eigenvalue weighted by Crippen LogP contribution is -2.42. The number of nitrogens with zero attached hydrogens (tertiary/aromatic N) is 2. The molecule has 0 spiro atoms. The van der Waals surface area contributed by atoms with Crippen molar-refractivity contribution in [2.75, 3.05) is 20.2 Å². The zero-order chi connectivity index (χ0) is 17.1. The van der Waals surface area contributed by atoms with E-state index in [1.54, 1.807) is 24.1 Å². The number of oxazole rings is 1. The van der Waals surface area contributed by atoms with Gasteiger partial charge in [0.2, 0.25) is 5.91 Å². The summed E-state index contributed by atoms with van der Waals surface area (Å²) in [4.78, 5) is 29.7. The largest absolute Gasteiger partial charge is 0.497 e. The van der Waals surface area contributed by atoms with Crippen molar-refractivity contribution in [3.63, 3.8) is 0 Å². The van der Waals surface area contributed by atoms with Crippen LogP contribution in [0.2, 0.25) is 0 Å². The number of hydrogen-bond donors (Lipinski definition) is 1. The molecule has 7 heteroatoms. The number of aromatic nitrogens is 1. The maximum Gasteiger partial charge on any atom is 0.276 e. The zero-order valence-electron chi connectivity index (χ0n) is 13.4. The van der Waals surface area contributed by atoms with E-state index in [1.165, 1.54) is 6.39 Å². The molecular weight excluding hydrogens is 310 g/mol. The first-order chi connectivity index (χ1) is 11.6. The van der Waals surface area contributed by atoms with E-state index >= 15 is 0 Å². The molecule has 3 rings (SSSR count). The van der Waals surface area contributed by atoms with Gasteiger partial charge < -0.3 is 19.8 Å². The molecule has 0 bridgehead atoms. The van der Waals surface area contributed by atoms with E-state index in [-0.39, 0.29) is 23.4 Å². The molecule has 1 aliphatic heterocycles. The van der Waals surface area contributed by atoms with Crippen LogP contribution in [-0.2, 0) is 4.79 Å². The van der Waals surface area contributed by atoms with Crippen molar-refractivity contribution in [3.05, 3.63) is 36.4 Å². The molecule has 126 valence electrons. The molecule has 0 aliphatic carbocycles. The Balaban J connectivity index is 1.77. The molecule has 2 amide bonds. The highest BCUT2D eigenvalue weighted by Crippen LogP contribution is 2.27. The highest BCUT2D eigenvalue weighted by molar-refractivity contribution is 5.97. The van der Waals surface area contributed by atoms with Crippen LogP contribution in [0.4, 0.5) is 0 Å². The van der Waals surface area contributed by atoms with Crippen LogP contribution >= 0.6 is 0 Å². The molecule has 1 aromatic carbocycles. The molecule has 2 heterocycles. The molecular formula is C17H19N3O4. The molecule has 1 aliphatic rings. The van der Waals surface area contributed by atoms with E-state index in [4.69, 9.17) is 14.9 Å². The molecule has 1 saturated heterocycles. The topological polar surface area (TPSA) is 98.7 Å². The summed E-state index contributed by atoms with van der Waals surface area (Å²) in [5.41, 5.74) is 6.36. The van der Waals surface area contributed by atoms with Gasteiger partial charge in [-0.05, 0) is 37.1 Å². The third-order valence-electron chi connectivity index (χ3n) is 4.31. The highest BCUT2D eigenvalue weighted by Gasteiger charge is 2.29. The van der Waals surface area contributed by atoms with Crippen molar-refractivity contribution in [2.45, 2.75) is 12.8 Å². The molecule has 7 nitrogen and oxygen atoms in total. The van der Waals surface area contributed by atoms with Crippen LogP contribution in [0.5, 0.6) is 5.75 Å². The SMILES string of the molecule is COc1ccc(-c2ocnc2C(=O)N2CCC(C(N)=O)CC2)cc1. The van der Waals surface area contributed by atoms with Crippen molar-refractivity contribution in [1.82, 2.24) is 9.88 Å². The van der Waals surface area contributed by atoms with Crippen molar-refractivity contribution >= 4 is 11.8 Å². The summed E-state index contributed by atoms with van der Waals surface area (Å²) in [6.07, 6.45) is 2.43. The third-order valence-corrected chi connectivity index (χ3v) is 4.31. The number of nitrogens with two attached hydrogens (primary N) is 1. The molecule has 1 aromatic heterocycles. The van der Waals surface area contributed by atoms with Gasteiger partial charge in [-0.1, -0.05) is 0 Å². The maximum atomic E-state index is 12.7. The Morgan fingerprint density at radius 1 is 1.25 bits per heavy atom. The van der Waals surface area contributed by atoms with Gasteiger partial charge >= 0.3 is 0 Å².